The highest BCUT2D eigenvalue weighted by Gasteiger charge is 2.14. The molecule has 0 atom stereocenters. The van der Waals surface area contributed by atoms with E-state index in [0.717, 1.165) is 34.6 Å². The molecule has 0 spiro atoms. The fraction of sp³-hybridized carbons (Fsp3) is 0.188. The lowest BCUT2D eigenvalue weighted by molar-refractivity contribution is 0.912. The van der Waals surface area contributed by atoms with Crippen molar-refractivity contribution in [2.75, 3.05) is 0 Å². The summed E-state index contributed by atoms with van der Waals surface area (Å²) in [4.78, 5) is 15.8. The molecule has 18 heavy (non-hydrogen) atoms. The average Bonchev–Trinajstić information content (AvgIpc) is 2.84. The smallest absolute Gasteiger partial charge is 0.197 e. The van der Waals surface area contributed by atoms with Crippen LogP contribution >= 0.6 is 0 Å². The van der Waals surface area contributed by atoms with E-state index < -0.39 is 0 Å². The van der Waals surface area contributed by atoms with Gasteiger partial charge in [-0.2, -0.15) is 0 Å². The number of fused-ring (bicyclic) bond motifs is 3. The van der Waals surface area contributed by atoms with Gasteiger partial charge in [0.15, 0.2) is 5.43 Å². The number of hydrogen-bond donors (Lipinski definition) is 1. The SMILES string of the molecule is O=c1c2ccccc2[nH]c2cc3c(cc12)CCC3. The van der Waals surface area contributed by atoms with E-state index in [1.54, 1.807) is 0 Å². The molecule has 88 valence electrons. The molecule has 0 bridgehead atoms. The molecule has 4 rings (SSSR count). The number of aromatic amines is 1. The van der Waals surface area contributed by atoms with Crippen LogP contribution in [0.3, 0.4) is 0 Å². The van der Waals surface area contributed by atoms with Crippen LogP contribution in [0.1, 0.15) is 17.5 Å². The highest BCUT2D eigenvalue weighted by molar-refractivity contribution is 5.93. The zero-order chi connectivity index (χ0) is 12.1. The first-order valence-electron chi connectivity index (χ1n) is 6.39. The minimum Gasteiger partial charge on any atom is -0.354 e. The number of pyridine rings is 1. The van der Waals surface area contributed by atoms with Gasteiger partial charge in [0.2, 0.25) is 0 Å². The van der Waals surface area contributed by atoms with Crippen LogP contribution in [0.2, 0.25) is 0 Å². The molecule has 2 heteroatoms. The third kappa shape index (κ3) is 1.26. The monoisotopic (exact) mass is 235 g/mol. The first-order chi connectivity index (χ1) is 8.83. The van der Waals surface area contributed by atoms with E-state index >= 15 is 0 Å². The highest BCUT2D eigenvalue weighted by atomic mass is 16.1. The van der Waals surface area contributed by atoms with Crippen LogP contribution in [0.15, 0.2) is 41.2 Å². The van der Waals surface area contributed by atoms with Crippen LogP contribution < -0.4 is 5.43 Å². The van der Waals surface area contributed by atoms with Crippen LogP contribution in [0.25, 0.3) is 21.8 Å². The van der Waals surface area contributed by atoms with Crippen molar-refractivity contribution >= 4 is 21.8 Å². The molecule has 1 heterocycles. The van der Waals surface area contributed by atoms with Crippen molar-refractivity contribution in [3.8, 4) is 0 Å². The molecule has 0 unspecified atom stereocenters. The van der Waals surface area contributed by atoms with E-state index in [9.17, 15) is 4.79 Å². The van der Waals surface area contributed by atoms with E-state index in [4.69, 9.17) is 0 Å². The van der Waals surface area contributed by atoms with Crippen LogP contribution in [0.5, 0.6) is 0 Å². The molecule has 2 aromatic carbocycles. The predicted octanol–water partition coefficient (Wildman–Crippen LogP) is 3.17. The Kier molecular flexibility index (Phi) is 1.90. The Morgan fingerprint density at radius 3 is 2.56 bits per heavy atom. The summed E-state index contributed by atoms with van der Waals surface area (Å²) < 4.78 is 0. The number of aryl methyl sites for hydroxylation is 2. The lowest BCUT2D eigenvalue weighted by atomic mass is 10.0. The number of nitrogens with one attached hydrogen (secondary N) is 1. The van der Waals surface area contributed by atoms with Crippen molar-refractivity contribution in [3.05, 3.63) is 57.7 Å². The van der Waals surface area contributed by atoms with Crippen LogP contribution in [-0.2, 0) is 12.8 Å². The van der Waals surface area contributed by atoms with Crippen LogP contribution in [0, 0.1) is 0 Å². The third-order valence-corrected chi connectivity index (χ3v) is 3.92. The lowest BCUT2D eigenvalue weighted by Gasteiger charge is -2.05. The van der Waals surface area contributed by atoms with Crippen LogP contribution in [-0.4, -0.2) is 4.98 Å². The van der Waals surface area contributed by atoms with E-state index in [-0.39, 0.29) is 5.43 Å². The minimum atomic E-state index is 0.147. The summed E-state index contributed by atoms with van der Waals surface area (Å²) in [5, 5.41) is 1.61. The van der Waals surface area contributed by atoms with Crippen molar-refractivity contribution in [2.45, 2.75) is 19.3 Å². The molecule has 1 aliphatic rings. The van der Waals surface area contributed by atoms with Gasteiger partial charge in [-0.3, -0.25) is 4.79 Å². The fourth-order valence-corrected chi connectivity index (χ4v) is 3.00. The molecular weight excluding hydrogens is 222 g/mol. The van der Waals surface area contributed by atoms with E-state index in [1.165, 1.54) is 17.5 Å². The summed E-state index contributed by atoms with van der Waals surface area (Å²) in [6.45, 7) is 0. The molecule has 1 aromatic heterocycles. The number of hydrogen-bond acceptors (Lipinski definition) is 1. The molecule has 1 aliphatic carbocycles. The number of para-hydroxylation sites is 1. The van der Waals surface area contributed by atoms with Gasteiger partial charge in [0.25, 0.3) is 0 Å². The fourth-order valence-electron chi connectivity index (χ4n) is 3.00. The maximum Gasteiger partial charge on any atom is 0.197 e. The minimum absolute atomic E-state index is 0.147. The lowest BCUT2D eigenvalue weighted by Crippen LogP contribution is -2.04. The molecule has 0 saturated heterocycles. The summed E-state index contributed by atoms with van der Waals surface area (Å²) in [5.41, 5.74) is 4.79. The molecule has 0 radical (unpaired) electrons. The van der Waals surface area contributed by atoms with Crippen molar-refractivity contribution in [1.82, 2.24) is 4.98 Å². The van der Waals surface area contributed by atoms with Gasteiger partial charge in [-0.1, -0.05) is 12.1 Å². The Bertz CT molecular complexity index is 829. The Morgan fingerprint density at radius 1 is 0.889 bits per heavy atom. The van der Waals surface area contributed by atoms with E-state index in [2.05, 4.69) is 17.1 Å². The first-order valence-corrected chi connectivity index (χ1v) is 6.39. The van der Waals surface area contributed by atoms with Gasteiger partial charge in [-0.05, 0) is 54.7 Å². The second kappa shape index (κ2) is 3.45. The molecule has 0 amide bonds. The Hall–Kier alpha value is -2.09. The Labute approximate surface area is 104 Å². The van der Waals surface area contributed by atoms with Crippen molar-refractivity contribution in [1.29, 1.82) is 0 Å². The summed E-state index contributed by atoms with van der Waals surface area (Å²) >= 11 is 0. The zero-order valence-corrected chi connectivity index (χ0v) is 9.99. The molecule has 0 fully saturated rings. The van der Waals surface area contributed by atoms with Gasteiger partial charge >= 0.3 is 0 Å². The van der Waals surface area contributed by atoms with E-state index in [0.29, 0.717) is 0 Å². The Balaban J connectivity index is 2.22. The number of aromatic nitrogens is 1. The summed E-state index contributed by atoms with van der Waals surface area (Å²) in [6, 6.07) is 12.0. The van der Waals surface area contributed by atoms with Crippen molar-refractivity contribution in [2.24, 2.45) is 0 Å². The number of benzene rings is 2. The number of rotatable bonds is 0. The first kappa shape index (κ1) is 9.89. The molecule has 0 aliphatic heterocycles. The molecular formula is C16H13NO. The summed E-state index contributed by atoms with van der Waals surface area (Å²) in [5.74, 6) is 0. The standard InChI is InChI=1S/C16H13NO/c18-16-12-6-1-2-7-14(12)17-15-9-11-5-3-4-10(11)8-13(15)16/h1-2,6-9H,3-5H2,(H,17,18). The van der Waals surface area contributed by atoms with E-state index in [1.807, 2.05) is 24.3 Å². The highest BCUT2D eigenvalue weighted by Crippen LogP contribution is 2.26. The van der Waals surface area contributed by atoms with Crippen molar-refractivity contribution < 1.29 is 0 Å². The van der Waals surface area contributed by atoms with Crippen LogP contribution in [0.4, 0.5) is 0 Å². The largest absolute Gasteiger partial charge is 0.354 e. The quantitative estimate of drug-likeness (QED) is 0.596. The predicted molar refractivity (Wildman–Crippen MR) is 74.1 cm³/mol. The molecule has 1 N–H and O–H groups in total. The van der Waals surface area contributed by atoms with Gasteiger partial charge in [0.05, 0.1) is 5.52 Å². The summed E-state index contributed by atoms with van der Waals surface area (Å²) in [6.07, 6.45) is 3.46. The van der Waals surface area contributed by atoms with Gasteiger partial charge in [-0.15, -0.1) is 0 Å². The van der Waals surface area contributed by atoms with Gasteiger partial charge in [0.1, 0.15) is 0 Å². The molecule has 0 saturated carbocycles. The van der Waals surface area contributed by atoms with Gasteiger partial charge in [0, 0.05) is 16.3 Å². The topological polar surface area (TPSA) is 32.9 Å². The van der Waals surface area contributed by atoms with Gasteiger partial charge in [-0.25, -0.2) is 0 Å². The molecule has 2 nitrogen and oxygen atoms in total. The average molecular weight is 235 g/mol. The maximum absolute atomic E-state index is 12.5. The third-order valence-electron chi connectivity index (χ3n) is 3.92. The normalized spacial score (nSPS) is 14.2. The second-order valence-corrected chi connectivity index (χ2v) is 5.02. The molecule has 3 aromatic rings. The zero-order valence-electron chi connectivity index (χ0n) is 9.99. The van der Waals surface area contributed by atoms with Gasteiger partial charge < -0.3 is 4.98 Å². The second-order valence-electron chi connectivity index (χ2n) is 5.02. The maximum atomic E-state index is 12.5. The number of H-pyrrole nitrogens is 1. The Morgan fingerprint density at radius 2 is 1.67 bits per heavy atom. The van der Waals surface area contributed by atoms with Crippen molar-refractivity contribution in [3.63, 3.8) is 0 Å². The summed E-state index contributed by atoms with van der Waals surface area (Å²) in [7, 11) is 0.